The van der Waals surface area contributed by atoms with Crippen molar-refractivity contribution in [2.24, 2.45) is 11.8 Å². The van der Waals surface area contributed by atoms with Crippen molar-refractivity contribution in [2.75, 3.05) is 6.61 Å². The minimum atomic E-state index is -3.27. The van der Waals surface area contributed by atoms with Crippen molar-refractivity contribution in [1.29, 1.82) is 0 Å². The summed E-state index contributed by atoms with van der Waals surface area (Å²) >= 11 is 0. The molecular weight excluding hydrogens is 474 g/mol. The lowest BCUT2D eigenvalue weighted by Crippen LogP contribution is -2.20. The van der Waals surface area contributed by atoms with Gasteiger partial charge in [-0.25, -0.2) is 0 Å². The molecule has 0 aliphatic heterocycles. The van der Waals surface area contributed by atoms with E-state index >= 15 is 0 Å². The Morgan fingerprint density at radius 3 is 1.92 bits per heavy atom. The van der Waals surface area contributed by atoms with Crippen LogP contribution >= 0.6 is 0 Å². The highest BCUT2D eigenvalue weighted by atomic mass is 19.3. The summed E-state index contributed by atoms with van der Waals surface area (Å²) in [7, 11) is 0. The first kappa shape index (κ1) is 28.7. The molecule has 2 aromatic rings. The number of hydrogen-bond donors (Lipinski definition) is 0. The molecule has 206 valence electrons. The summed E-state index contributed by atoms with van der Waals surface area (Å²) in [6.45, 7) is 4.17. The Bertz CT molecular complexity index is 1000. The molecule has 2 aliphatic rings. The van der Waals surface area contributed by atoms with Gasteiger partial charge in [0.25, 0.3) is 0 Å². The third-order valence-corrected chi connectivity index (χ3v) is 8.90. The van der Waals surface area contributed by atoms with E-state index in [-0.39, 0.29) is 12.2 Å². The number of benzene rings is 2. The molecule has 0 amide bonds. The van der Waals surface area contributed by atoms with Crippen molar-refractivity contribution in [2.45, 2.75) is 102 Å². The van der Waals surface area contributed by atoms with E-state index in [1.807, 2.05) is 12.1 Å². The Morgan fingerprint density at radius 1 is 0.763 bits per heavy atom. The summed E-state index contributed by atoms with van der Waals surface area (Å²) in [5.74, 6) is 2.64. The number of halogens is 2. The monoisotopic (exact) mass is 520 g/mol. The minimum Gasteiger partial charge on any atom is -0.316 e. The summed E-state index contributed by atoms with van der Waals surface area (Å²) in [6, 6.07) is 15.4. The molecule has 3 heteroatoms. The molecule has 0 unspecified atom stereocenters. The first-order valence-corrected chi connectivity index (χ1v) is 14.9. The van der Waals surface area contributed by atoms with Gasteiger partial charge in [0.05, 0.1) is 12.2 Å². The molecular formula is C35H46F2O. The quantitative estimate of drug-likeness (QED) is 0.268. The largest absolute Gasteiger partial charge is 0.383 e. The van der Waals surface area contributed by atoms with Gasteiger partial charge in [0.2, 0.25) is 0 Å². The molecule has 2 aliphatic carbocycles. The Balaban J connectivity index is 1.21. The lowest BCUT2D eigenvalue weighted by atomic mass is 9.77. The van der Waals surface area contributed by atoms with Crippen LogP contribution in [0.1, 0.15) is 112 Å². The molecule has 0 N–H and O–H groups in total. The van der Waals surface area contributed by atoms with Crippen LogP contribution in [0.5, 0.6) is 0 Å². The molecule has 0 atom stereocenters. The van der Waals surface area contributed by atoms with E-state index in [0.29, 0.717) is 18.3 Å². The van der Waals surface area contributed by atoms with Crippen LogP contribution in [0.15, 0.2) is 72.8 Å². The fourth-order valence-electron chi connectivity index (χ4n) is 6.49. The molecule has 38 heavy (non-hydrogen) atoms. The number of allylic oxidation sites excluding steroid dienone is 4. The second-order valence-electron chi connectivity index (χ2n) is 11.5. The summed E-state index contributed by atoms with van der Waals surface area (Å²) in [5, 5.41) is 0. The van der Waals surface area contributed by atoms with E-state index in [0.717, 1.165) is 30.2 Å². The van der Waals surface area contributed by atoms with Gasteiger partial charge in [-0.3, -0.25) is 0 Å². The number of ether oxygens (including phenoxy) is 1. The van der Waals surface area contributed by atoms with Crippen molar-refractivity contribution in [3.05, 3.63) is 95.1 Å². The zero-order chi connectivity index (χ0) is 26.8. The maximum Gasteiger partial charge on any atom is 0.383 e. The fourth-order valence-corrected chi connectivity index (χ4v) is 6.49. The topological polar surface area (TPSA) is 9.23 Å². The smallest absolute Gasteiger partial charge is 0.316 e. The highest BCUT2D eigenvalue weighted by Gasteiger charge is 2.33. The van der Waals surface area contributed by atoms with Gasteiger partial charge in [-0.15, -0.1) is 0 Å². The van der Waals surface area contributed by atoms with Crippen LogP contribution in [-0.4, -0.2) is 6.61 Å². The average Bonchev–Trinajstić information content (AvgIpc) is 2.95. The Labute approximate surface area is 229 Å². The Kier molecular flexibility index (Phi) is 10.8. The molecule has 0 radical (unpaired) electrons. The Hall–Kier alpha value is -2.26. The van der Waals surface area contributed by atoms with Crippen LogP contribution in [0.4, 0.5) is 8.78 Å². The van der Waals surface area contributed by atoms with Gasteiger partial charge in [0.1, 0.15) is 0 Å². The van der Waals surface area contributed by atoms with Gasteiger partial charge in [0, 0.05) is 0 Å². The highest BCUT2D eigenvalue weighted by molar-refractivity contribution is 5.28. The predicted molar refractivity (Wildman–Crippen MR) is 155 cm³/mol. The number of rotatable bonds is 11. The van der Waals surface area contributed by atoms with Crippen LogP contribution in [0.25, 0.3) is 0 Å². The third kappa shape index (κ3) is 8.12. The zero-order valence-corrected chi connectivity index (χ0v) is 23.4. The summed E-state index contributed by atoms with van der Waals surface area (Å²) in [4.78, 5) is 0. The van der Waals surface area contributed by atoms with Crippen LogP contribution in [0.3, 0.4) is 0 Å². The summed E-state index contributed by atoms with van der Waals surface area (Å²) in [5.41, 5.74) is 3.56. The van der Waals surface area contributed by atoms with Crippen molar-refractivity contribution in [3.63, 3.8) is 0 Å². The molecule has 4 rings (SSSR count). The lowest BCUT2D eigenvalue weighted by molar-refractivity contribution is -0.248. The number of hydrogen-bond acceptors (Lipinski definition) is 1. The van der Waals surface area contributed by atoms with Crippen molar-refractivity contribution in [1.82, 2.24) is 0 Å². The summed E-state index contributed by atoms with van der Waals surface area (Å²) < 4.78 is 34.7. The molecule has 0 heterocycles. The fraction of sp³-hybridized carbons (Fsp3) is 0.543. The van der Waals surface area contributed by atoms with Gasteiger partial charge < -0.3 is 4.74 Å². The van der Waals surface area contributed by atoms with Crippen LogP contribution in [-0.2, 0) is 17.3 Å². The van der Waals surface area contributed by atoms with Crippen molar-refractivity contribution in [3.8, 4) is 0 Å². The number of alkyl halides is 2. The molecule has 0 spiro atoms. The summed E-state index contributed by atoms with van der Waals surface area (Å²) in [6.07, 6.45) is 18.3. The standard InChI is InChI=1S/C35H46F2O/c1-3-5-6-8-28-11-17-32(18-12-28)33-21-23-34(24-22-33)35(36,37)38-26-25-29-13-19-31(20-14-29)30-15-9-27(7-4-2)10-16-30/h3-5,7,13-14,19-24,27-28,30,32H,6,8-12,15-18,25-26H2,1-2H3. The van der Waals surface area contributed by atoms with E-state index in [1.165, 1.54) is 62.5 Å². The second kappa shape index (κ2) is 14.2. The first-order chi connectivity index (χ1) is 18.5. The molecule has 2 fully saturated rings. The average molecular weight is 521 g/mol. The Morgan fingerprint density at radius 2 is 1.34 bits per heavy atom. The first-order valence-electron chi connectivity index (χ1n) is 14.9. The maximum atomic E-state index is 14.8. The van der Waals surface area contributed by atoms with Crippen molar-refractivity contribution >= 4 is 0 Å². The van der Waals surface area contributed by atoms with Crippen LogP contribution in [0.2, 0.25) is 0 Å². The van der Waals surface area contributed by atoms with E-state index in [4.69, 9.17) is 4.74 Å². The van der Waals surface area contributed by atoms with Crippen LogP contribution in [0, 0.1) is 11.8 Å². The van der Waals surface area contributed by atoms with E-state index in [1.54, 1.807) is 12.1 Å². The van der Waals surface area contributed by atoms with Crippen molar-refractivity contribution < 1.29 is 13.5 Å². The molecule has 0 aromatic heterocycles. The molecule has 2 saturated carbocycles. The molecule has 0 bridgehead atoms. The molecule has 1 nitrogen and oxygen atoms in total. The molecule has 2 aromatic carbocycles. The zero-order valence-electron chi connectivity index (χ0n) is 23.4. The van der Waals surface area contributed by atoms with E-state index in [2.05, 4.69) is 62.4 Å². The van der Waals surface area contributed by atoms with E-state index < -0.39 is 6.11 Å². The van der Waals surface area contributed by atoms with E-state index in [9.17, 15) is 8.78 Å². The normalized spacial score (nSPS) is 24.8. The van der Waals surface area contributed by atoms with Gasteiger partial charge in [-0.05, 0) is 125 Å². The third-order valence-electron chi connectivity index (χ3n) is 8.90. The predicted octanol–water partition coefficient (Wildman–Crippen LogP) is 10.5. The maximum absolute atomic E-state index is 14.8. The van der Waals surface area contributed by atoms with Gasteiger partial charge >= 0.3 is 6.11 Å². The van der Waals surface area contributed by atoms with Gasteiger partial charge in [-0.2, -0.15) is 8.78 Å². The molecule has 0 saturated heterocycles. The lowest BCUT2D eigenvalue weighted by Gasteiger charge is -2.29. The van der Waals surface area contributed by atoms with Gasteiger partial charge in [0.15, 0.2) is 0 Å². The highest BCUT2D eigenvalue weighted by Crippen LogP contribution is 2.39. The second-order valence-corrected chi connectivity index (χ2v) is 11.5. The van der Waals surface area contributed by atoms with Gasteiger partial charge in [-0.1, -0.05) is 72.8 Å². The SMILES string of the molecule is CC=CCCC1CCC(c2ccc(C(F)(F)OCCc3ccc(C4CCC(C=CC)CC4)cc3)cc2)CC1. The van der Waals surface area contributed by atoms with Crippen LogP contribution < -0.4 is 0 Å². The minimum absolute atomic E-state index is 0.000206.